The van der Waals surface area contributed by atoms with Crippen LogP contribution in [0.25, 0.3) is 0 Å². The summed E-state index contributed by atoms with van der Waals surface area (Å²) in [6.45, 7) is 5.58. The van der Waals surface area contributed by atoms with Crippen LogP contribution in [0.1, 0.15) is 36.2 Å². The van der Waals surface area contributed by atoms with Crippen LogP contribution in [0.4, 0.5) is 0 Å². The van der Waals surface area contributed by atoms with E-state index in [1.54, 1.807) is 6.92 Å². The Balaban J connectivity index is 1.52. The molecule has 1 aromatic carbocycles. The first-order valence-corrected chi connectivity index (χ1v) is 8.03. The van der Waals surface area contributed by atoms with E-state index in [0.717, 1.165) is 25.1 Å². The van der Waals surface area contributed by atoms with Gasteiger partial charge >= 0.3 is 0 Å². The summed E-state index contributed by atoms with van der Waals surface area (Å²) in [6, 6.07) is 7.96. The van der Waals surface area contributed by atoms with Crippen molar-refractivity contribution < 1.29 is 14.4 Å². The number of aliphatic hydroxyl groups excluding tert-OH is 1. The van der Waals surface area contributed by atoms with E-state index >= 15 is 0 Å². The first-order chi connectivity index (χ1) is 11.1. The van der Waals surface area contributed by atoms with Gasteiger partial charge in [-0.25, -0.2) is 0 Å². The Morgan fingerprint density at radius 2 is 2.13 bits per heavy atom. The lowest BCUT2D eigenvalue weighted by Crippen LogP contribution is -2.35. The third kappa shape index (κ3) is 4.09. The second-order valence-corrected chi connectivity index (χ2v) is 6.10. The first kappa shape index (κ1) is 16.0. The molecule has 0 spiro atoms. The summed E-state index contributed by atoms with van der Waals surface area (Å²) < 4.78 is 10.7. The van der Waals surface area contributed by atoms with Crippen LogP contribution in [0.5, 0.6) is 5.75 Å². The van der Waals surface area contributed by atoms with Crippen molar-refractivity contribution in [3.05, 3.63) is 41.5 Å². The number of ether oxygens (including phenoxy) is 1. The molecule has 6 heteroatoms. The van der Waals surface area contributed by atoms with Crippen molar-refractivity contribution in [1.82, 2.24) is 15.0 Å². The number of aryl methyl sites for hydroxylation is 2. The van der Waals surface area contributed by atoms with Gasteiger partial charge in [-0.15, -0.1) is 0 Å². The van der Waals surface area contributed by atoms with Crippen LogP contribution in [0.3, 0.4) is 0 Å². The molecular formula is C17H23N3O3. The van der Waals surface area contributed by atoms with Gasteiger partial charge in [0.25, 0.3) is 0 Å². The number of aromatic nitrogens is 2. The first-order valence-electron chi connectivity index (χ1n) is 8.03. The van der Waals surface area contributed by atoms with Gasteiger partial charge in [-0.05, 0) is 38.4 Å². The van der Waals surface area contributed by atoms with Gasteiger partial charge in [0, 0.05) is 13.5 Å². The minimum atomic E-state index is -0.551. The predicted octanol–water partition coefficient (Wildman–Crippen LogP) is 2.26. The highest BCUT2D eigenvalue weighted by molar-refractivity contribution is 5.26. The number of hydrogen-bond donors (Lipinski definition) is 1. The maximum Gasteiger partial charge on any atom is 0.223 e. The molecule has 1 N–H and O–H groups in total. The SMILES string of the molecule is Cc1ccc(OC[C@@H](O)CN2CCC[C@H]2c2noc(C)n2)cc1. The smallest absolute Gasteiger partial charge is 0.223 e. The van der Waals surface area contributed by atoms with E-state index < -0.39 is 6.10 Å². The van der Waals surface area contributed by atoms with Gasteiger partial charge in [0.2, 0.25) is 5.89 Å². The Hall–Kier alpha value is -1.92. The molecule has 2 aromatic rings. The minimum absolute atomic E-state index is 0.126. The second-order valence-electron chi connectivity index (χ2n) is 6.10. The summed E-state index contributed by atoms with van der Waals surface area (Å²) >= 11 is 0. The molecule has 23 heavy (non-hydrogen) atoms. The topological polar surface area (TPSA) is 71.6 Å². The number of rotatable bonds is 6. The maximum atomic E-state index is 10.3. The summed E-state index contributed by atoms with van der Waals surface area (Å²) in [4.78, 5) is 6.52. The number of β-amino-alcohol motifs (C(OH)–C–C–N with tert-alkyl or cyclic N) is 1. The van der Waals surface area contributed by atoms with E-state index in [0.29, 0.717) is 18.3 Å². The molecule has 1 aliphatic rings. The van der Waals surface area contributed by atoms with Crippen LogP contribution in [-0.2, 0) is 0 Å². The minimum Gasteiger partial charge on any atom is -0.491 e. The Morgan fingerprint density at radius 1 is 1.35 bits per heavy atom. The van der Waals surface area contributed by atoms with Gasteiger partial charge in [0.15, 0.2) is 5.82 Å². The number of nitrogens with zero attached hydrogens (tertiary/aromatic N) is 3. The third-order valence-electron chi connectivity index (χ3n) is 4.11. The zero-order valence-corrected chi connectivity index (χ0v) is 13.6. The largest absolute Gasteiger partial charge is 0.491 e. The van der Waals surface area contributed by atoms with Gasteiger partial charge in [0.1, 0.15) is 18.5 Å². The van der Waals surface area contributed by atoms with Gasteiger partial charge in [0.05, 0.1) is 6.04 Å². The highest BCUT2D eigenvalue weighted by atomic mass is 16.5. The monoisotopic (exact) mass is 317 g/mol. The molecular weight excluding hydrogens is 294 g/mol. The van der Waals surface area contributed by atoms with Crippen LogP contribution in [0.2, 0.25) is 0 Å². The van der Waals surface area contributed by atoms with Crippen molar-refractivity contribution in [1.29, 1.82) is 0 Å². The fourth-order valence-corrected chi connectivity index (χ4v) is 2.94. The van der Waals surface area contributed by atoms with Gasteiger partial charge in [-0.3, -0.25) is 4.90 Å². The summed E-state index contributed by atoms with van der Waals surface area (Å²) in [7, 11) is 0. The average Bonchev–Trinajstić information content (AvgIpc) is 3.15. The van der Waals surface area contributed by atoms with Crippen molar-refractivity contribution in [2.24, 2.45) is 0 Å². The molecule has 6 nitrogen and oxygen atoms in total. The van der Waals surface area contributed by atoms with Crippen LogP contribution < -0.4 is 4.74 Å². The molecule has 0 bridgehead atoms. The lowest BCUT2D eigenvalue weighted by Gasteiger charge is -2.24. The highest BCUT2D eigenvalue weighted by Crippen LogP contribution is 2.30. The van der Waals surface area contributed by atoms with Crippen molar-refractivity contribution in [3.63, 3.8) is 0 Å². The molecule has 0 radical (unpaired) electrons. The lowest BCUT2D eigenvalue weighted by molar-refractivity contribution is 0.0623. The normalized spacial score (nSPS) is 19.9. The Kier molecular flexibility index (Phi) is 4.93. The molecule has 2 atom stereocenters. The molecule has 1 saturated heterocycles. The van der Waals surface area contributed by atoms with E-state index in [2.05, 4.69) is 15.0 Å². The van der Waals surface area contributed by atoms with Gasteiger partial charge in [-0.2, -0.15) is 4.98 Å². The quantitative estimate of drug-likeness (QED) is 0.881. The third-order valence-corrected chi connectivity index (χ3v) is 4.11. The molecule has 1 aliphatic heterocycles. The van der Waals surface area contributed by atoms with Crippen LogP contribution in [-0.4, -0.2) is 45.9 Å². The maximum absolute atomic E-state index is 10.3. The average molecular weight is 317 g/mol. The lowest BCUT2D eigenvalue weighted by atomic mass is 10.2. The molecule has 0 amide bonds. The zero-order valence-electron chi connectivity index (χ0n) is 13.6. The molecule has 1 fully saturated rings. The number of aliphatic hydroxyl groups is 1. The zero-order chi connectivity index (χ0) is 16.2. The Morgan fingerprint density at radius 3 is 2.83 bits per heavy atom. The Labute approximate surface area is 136 Å². The summed E-state index contributed by atoms with van der Waals surface area (Å²) in [6.07, 6.45) is 1.51. The van der Waals surface area contributed by atoms with Crippen molar-refractivity contribution in [2.45, 2.75) is 38.8 Å². The summed E-state index contributed by atoms with van der Waals surface area (Å²) in [5, 5.41) is 14.3. The molecule has 1 aromatic heterocycles. The van der Waals surface area contributed by atoms with Crippen molar-refractivity contribution >= 4 is 0 Å². The summed E-state index contributed by atoms with van der Waals surface area (Å²) in [5.41, 5.74) is 1.19. The molecule has 124 valence electrons. The van der Waals surface area contributed by atoms with Gasteiger partial charge in [-0.1, -0.05) is 22.9 Å². The van der Waals surface area contributed by atoms with Crippen molar-refractivity contribution in [2.75, 3.05) is 19.7 Å². The fourth-order valence-electron chi connectivity index (χ4n) is 2.94. The van der Waals surface area contributed by atoms with E-state index in [1.807, 2.05) is 31.2 Å². The number of likely N-dealkylation sites (tertiary alicyclic amines) is 1. The van der Waals surface area contributed by atoms with Gasteiger partial charge < -0.3 is 14.4 Å². The van der Waals surface area contributed by atoms with Crippen LogP contribution >= 0.6 is 0 Å². The summed E-state index contributed by atoms with van der Waals surface area (Å²) in [5.74, 6) is 2.07. The molecule has 0 saturated carbocycles. The van der Waals surface area contributed by atoms with E-state index in [1.165, 1.54) is 5.56 Å². The molecule has 2 heterocycles. The number of hydrogen-bond acceptors (Lipinski definition) is 6. The van der Waals surface area contributed by atoms with Crippen molar-refractivity contribution in [3.8, 4) is 5.75 Å². The molecule has 0 unspecified atom stereocenters. The van der Waals surface area contributed by atoms with E-state index in [9.17, 15) is 5.11 Å². The Bertz CT molecular complexity index is 626. The van der Waals surface area contributed by atoms with E-state index in [4.69, 9.17) is 9.26 Å². The fraction of sp³-hybridized carbons (Fsp3) is 0.529. The van der Waals surface area contributed by atoms with E-state index in [-0.39, 0.29) is 12.6 Å². The standard InChI is InChI=1S/C17H23N3O3/c1-12-5-7-15(8-6-12)22-11-14(21)10-20-9-3-4-16(20)17-18-13(2)23-19-17/h5-8,14,16,21H,3-4,9-11H2,1-2H3/t14-,16-/m0/s1. The predicted molar refractivity (Wildman–Crippen MR) is 85.3 cm³/mol. The molecule has 3 rings (SSSR count). The van der Waals surface area contributed by atoms with Crippen LogP contribution in [0, 0.1) is 13.8 Å². The highest BCUT2D eigenvalue weighted by Gasteiger charge is 2.31. The number of benzene rings is 1. The van der Waals surface area contributed by atoms with Crippen LogP contribution in [0.15, 0.2) is 28.8 Å². The second kappa shape index (κ2) is 7.10. The molecule has 0 aliphatic carbocycles.